The smallest absolute Gasteiger partial charge is 0.315 e. The molecule has 0 aliphatic carbocycles. The standard InChI is InChI=1S/C13H21N3O3S/c1-4-8-14-11-6-5-7-12(13(11)16(17)18)15-10(2)9-20(3)19/h5-7,10,14-15H,4,8-9H2,1-3H3. The molecule has 0 aliphatic rings. The van der Waals surface area contributed by atoms with Crippen LogP contribution in [-0.2, 0) is 10.8 Å². The average Bonchev–Trinajstić information content (AvgIpc) is 2.34. The molecular weight excluding hydrogens is 278 g/mol. The van der Waals surface area contributed by atoms with Crippen LogP contribution < -0.4 is 10.6 Å². The molecule has 7 heteroatoms. The number of nitro groups is 1. The van der Waals surface area contributed by atoms with Crippen molar-refractivity contribution in [3.63, 3.8) is 0 Å². The van der Waals surface area contributed by atoms with Gasteiger partial charge < -0.3 is 10.6 Å². The van der Waals surface area contributed by atoms with E-state index in [0.717, 1.165) is 6.42 Å². The number of benzene rings is 1. The largest absolute Gasteiger partial charge is 0.379 e. The van der Waals surface area contributed by atoms with Crippen molar-refractivity contribution in [1.82, 2.24) is 0 Å². The maximum atomic E-state index is 11.3. The van der Waals surface area contributed by atoms with Crippen molar-refractivity contribution in [3.8, 4) is 0 Å². The van der Waals surface area contributed by atoms with Crippen LogP contribution in [0.2, 0.25) is 0 Å². The minimum Gasteiger partial charge on any atom is -0.379 e. The molecule has 0 saturated heterocycles. The predicted octanol–water partition coefficient (Wildman–Crippen LogP) is 2.60. The third-order valence-electron chi connectivity index (χ3n) is 2.67. The van der Waals surface area contributed by atoms with Gasteiger partial charge in [-0.15, -0.1) is 0 Å². The number of nitrogens with zero attached hydrogens (tertiary/aromatic N) is 1. The monoisotopic (exact) mass is 299 g/mol. The quantitative estimate of drug-likeness (QED) is 0.569. The first-order chi connectivity index (χ1) is 9.45. The topological polar surface area (TPSA) is 84.3 Å². The van der Waals surface area contributed by atoms with Gasteiger partial charge in [0.15, 0.2) is 0 Å². The van der Waals surface area contributed by atoms with Gasteiger partial charge >= 0.3 is 5.69 Å². The molecule has 6 nitrogen and oxygen atoms in total. The molecule has 0 spiro atoms. The van der Waals surface area contributed by atoms with E-state index in [1.165, 1.54) is 0 Å². The zero-order valence-corrected chi connectivity index (χ0v) is 12.8. The predicted molar refractivity (Wildman–Crippen MR) is 83.9 cm³/mol. The maximum Gasteiger partial charge on any atom is 0.315 e. The molecular formula is C13H21N3O3S. The summed E-state index contributed by atoms with van der Waals surface area (Å²) in [5.74, 6) is 0.448. The first-order valence-electron chi connectivity index (χ1n) is 6.53. The van der Waals surface area contributed by atoms with E-state index in [1.54, 1.807) is 24.5 Å². The van der Waals surface area contributed by atoms with E-state index in [1.807, 2.05) is 13.8 Å². The number of nitrogens with one attached hydrogen (secondary N) is 2. The molecule has 20 heavy (non-hydrogen) atoms. The highest BCUT2D eigenvalue weighted by atomic mass is 32.2. The van der Waals surface area contributed by atoms with Gasteiger partial charge in [0.25, 0.3) is 0 Å². The van der Waals surface area contributed by atoms with Crippen molar-refractivity contribution in [2.45, 2.75) is 26.3 Å². The molecule has 112 valence electrons. The zero-order chi connectivity index (χ0) is 15.1. The van der Waals surface area contributed by atoms with Crippen LogP contribution in [0.1, 0.15) is 20.3 Å². The summed E-state index contributed by atoms with van der Waals surface area (Å²) in [6.45, 7) is 4.54. The van der Waals surface area contributed by atoms with Crippen LogP contribution in [-0.4, -0.2) is 33.7 Å². The summed E-state index contributed by atoms with van der Waals surface area (Å²) >= 11 is 0. The molecule has 0 bridgehead atoms. The highest BCUT2D eigenvalue weighted by Crippen LogP contribution is 2.33. The van der Waals surface area contributed by atoms with E-state index in [0.29, 0.717) is 23.7 Å². The Labute approximate surface area is 121 Å². The number of hydrogen-bond acceptors (Lipinski definition) is 5. The van der Waals surface area contributed by atoms with Crippen molar-refractivity contribution in [2.24, 2.45) is 0 Å². The summed E-state index contributed by atoms with van der Waals surface area (Å²) in [5, 5.41) is 17.4. The van der Waals surface area contributed by atoms with E-state index in [4.69, 9.17) is 0 Å². The summed E-state index contributed by atoms with van der Waals surface area (Å²) in [6, 6.07) is 5.04. The molecule has 0 radical (unpaired) electrons. The Morgan fingerprint density at radius 1 is 1.40 bits per heavy atom. The van der Waals surface area contributed by atoms with Crippen LogP contribution in [0.3, 0.4) is 0 Å². The molecule has 2 unspecified atom stereocenters. The number of rotatable bonds is 8. The first kappa shape index (κ1) is 16.4. The van der Waals surface area contributed by atoms with E-state index in [2.05, 4.69) is 10.6 Å². The van der Waals surface area contributed by atoms with Crippen LogP contribution >= 0.6 is 0 Å². The summed E-state index contributed by atoms with van der Waals surface area (Å²) in [4.78, 5) is 10.9. The molecule has 0 amide bonds. The number of para-hydroxylation sites is 1. The Kier molecular flexibility index (Phi) is 6.44. The van der Waals surface area contributed by atoms with E-state index >= 15 is 0 Å². The molecule has 0 heterocycles. The van der Waals surface area contributed by atoms with Gasteiger partial charge in [-0.3, -0.25) is 14.3 Å². The van der Waals surface area contributed by atoms with Crippen LogP contribution in [0, 0.1) is 10.1 Å². The summed E-state index contributed by atoms with van der Waals surface area (Å²) in [7, 11) is -0.945. The Bertz CT molecular complexity index is 494. The molecule has 0 fully saturated rings. The lowest BCUT2D eigenvalue weighted by molar-refractivity contribution is -0.383. The average molecular weight is 299 g/mol. The third kappa shape index (κ3) is 4.80. The van der Waals surface area contributed by atoms with Gasteiger partial charge in [-0.25, -0.2) is 0 Å². The molecule has 0 saturated carbocycles. The second-order valence-corrected chi connectivity index (χ2v) is 6.15. The van der Waals surface area contributed by atoms with E-state index in [9.17, 15) is 14.3 Å². The Morgan fingerprint density at radius 3 is 2.60 bits per heavy atom. The van der Waals surface area contributed by atoms with Crippen molar-refractivity contribution < 1.29 is 9.13 Å². The lowest BCUT2D eigenvalue weighted by Gasteiger charge is -2.15. The van der Waals surface area contributed by atoms with Gasteiger partial charge in [0.05, 0.1) is 4.92 Å². The van der Waals surface area contributed by atoms with Crippen LogP contribution in [0.25, 0.3) is 0 Å². The Hall–Kier alpha value is -1.63. The van der Waals surface area contributed by atoms with E-state index < -0.39 is 15.7 Å². The lowest BCUT2D eigenvalue weighted by Crippen LogP contribution is -2.23. The second kappa shape index (κ2) is 7.84. The summed E-state index contributed by atoms with van der Waals surface area (Å²) in [6.07, 6.45) is 2.51. The normalized spacial score (nSPS) is 13.6. The minimum atomic E-state index is -0.945. The van der Waals surface area contributed by atoms with Crippen LogP contribution in [0.15, 0.2) is 18.2 Å². The van der Waals surface area contributed by atoms with Gasteiger partial charge in [0.1, 0.15) is 11.4 Å². The van der Waals surface area contributed by atoms with Crippen LogP contribution in [0.4, 0.5) is 17.1 Å². The van der Waals surface area contributed by atoms with E-state index in [-0.39, 0.29) is 11.7 Å². The lowest BCUT2D eigenvalue weighted by atomic mass is 10.2. The Morgan fingerprint density at radius 2 is 2.05 bits per heavy atom. The Balaban J connectivity index is 2.99. The molecule has 2 N–H and O–H groups in total. The minimum absolute atomic E-state index is 0.0367. The fourth-order valence-electron chi connectivity index (χ4n) is 1.92. The molecule has 2 atom stereocenters. The van der Waals surface area contributed by atoms with Crippen molar-refractivity contribution in [3.05, 3.63) is 28.3 Å². The number of hydrogen-bond donors (Lipinski definition) is 2. The molecule has 1 aromatic rings. The van der Waals surface area contributed by atoms with Gasteiger partial charge in [0.2, 0.25) is 0 Å². The van der Waals surface area contributed by atoms with Gasteiger partial charge in [0, 0.05) is 35.4 Å². The van der Waals surface area contributed by atoms with Gasteiger partial charge in [-0.1, -0.05) is 13.0 Å². The van der Waals surface area contributed by atoms with Crippen molar-refractivity contribution in [1.29, 1.82) is 0 Å². The molecule has 1 aromatic carbocycles. The molecule has 0 aromatic heterocycles. The van der Waals surface area contributed by atoms with Crippen LogP contribution in [0.5, 0.6) is 0 Å². The number of anilines is 2. The second-order valence-electron chi connectivity index (χ2n) is 4.67. The zero-order valence-electron chi connectivity index (χ0n) is 12.0. The SMILES string of the molecule is CCCNc1cccc(NC(C)CS(C)=O)c1[N+](=O)[O-]. The fourth-order valence-corrected chi connectivity index (χ4v) is 2.71. The first-order valence-corrected chi connectivity index (χ1v) is 8.26. The molecule has 1 rings (SSSR count). The van der Waals surface area contributed by atoms with Crippen molar-refractivity contribution >= 4 is 27.9 Å². The van der Waals surface area contributed by atoms with Gasteiger partial charge in [-0.05, 0) is 25.5 Å². The maximum absolute atomic E-state index is 11.3. The van der Waals surface area contributed by atoms with Crippen molar-refractivity contribution in [2.75, 3.05) is 29.2 Å². The summed E-state index contributed by atoms with van der Waals surface area (Å²) in [5.41, 5.74) is 0.996. The number of nitro benzene ring substituents is 1. The third-order valence-corrected chi connectivity index (χ3v) is 3.64. The van der Waals surface area contributed by atoms with Gasteiger partial charge in [-0.2, -0.15) is 0 Å². The highest BCUT2D eigenvalue weighted by Gasteiger charge is 2.20. The summed E-state index contributed by atoms with van der Waals surface area (Å²) < 4.78 is 11.2. The highest BCUT2D eigenvalue weighted by molar-refractivity contribution is 7.84. The fraction of sp³-hybridized carbons (Fsp3) is 0.538. The molecule has 0 aliphatic heterocycles.